The molecule has 0 aliphatic carbocycles. The standard InChI is InChI=1S/C19H21N5O4S/c1-25-15-6-3-12(11-16(15)26-2)20-19(29)21-13-4-5-14(18-17(13)22-28-23-18)24-7-9-27-10-8-24/h3-6,11H,7-10H2,1-2H3,(H2,20,21,29). The van der Waals surface area contributed by atoms with Gasteiger partial charge in [0.2, 0.25) is 0 Å². The van der Waals surface area contributed by atoms with Crippen molar-refractivity contribution >= 4 is 45.4 Å². The van der Waals surface area contributed by atoms with Gasteiger partial charge in [-0.05, 0) is 46.8 Å². The van der Waals surface area contributed by atoms with Crippen LogP contribution < -0.4 is 25.0 Å². The molecule has 10 heteroatoms. The molecule has 0 unspecified atom stereocenters. The first-order valence-electron chi connectivity index (χ1n) is 9.07. The molecular formula is C19H21N5O4S. The smallest absolute Gasteiger partial charge is 0.175 e. The first-order valence-corrected chi connectivity index (χ1v) is 9.48. The van der Waals surface area contributed by atoms with E-state index in [2.05, 4.69) is 25.8 Å². The molecule has 1 aliphatic rings. The van der Waals surface area contributed by atoms with Crippen molar-refractivity contribution < 1.29 is 18.8 Å². The van der Waals surface area contributed by atoms with Crippen LogP contribution in [-0.4, -0.2) is 55.9 Å². The van der Waals surface area contributed by atoms with E-state index in [1.54, 1.807) is 20.3 Å². The van der Waals surface area contributed by atoms with Gasteiger partial charge in [-0.3, -0.25) is 0 Å². The summed E-state index contributed by atoms with van der Waals surface area (Å²) in [6.07, 6.45) is 0. The lowest BCUT2D eigenvalue weighted by Crippen LogP contribution is -2.36. The Kier molecular flexibility index (Phi) is 5.63. The van der Waals surface area contributed by atoms with Crippen LogP contribution in [0.25, 0.3) is 11.0 Å². The van der Waals surface area contributed by atoms with E-state index in [1.165, 1.54) is 0 Å². The number of methoxy groups -OCH3 is 2. The van der Waals surface area contributed by atoms with Gasteiger partial charge in [0.1, 0.15) is 0 Å². The summed E-state index contributed by atoms with van der Waals surface area (Å²) >= 11 is 5.45. The van der Waals surface area contributed by atoms with Crippen LogP contribution in [0, 0.1) is 0 Å². The van der Waals surface area contributed by atoms with E-state index >= 15 is 0 Å². The summed E-state index contributed by atoms with van der Waals surface area (Å²) in [5, 5.41) is 14.8. The fourth-order valence-corrected chi connectivity index (χ4v) is 3.44. The van der Waals surface area contributed by atoms with Crippen LogP contribution in [0.1, 0.15) is 0 Å². The van der Waals surface area contributed by atoms with Gasteiger partial charge in [0.05, 0.1) is 38.8 Å². The average molecular weight is 415 g/mol. The molecule has 0 amide bonds. The summed E-state index contributed by atoms with van der Waals surface area (Å²) in [4.78, 5) is 2.21. The maximum atomic E-state index is 5.45. The lowest BCUT2D eigenvalue weighted by atomic mass is 10.2. The van der Waals surface area contributed by atoms with Crippen molar-refractivity contribution in [1.29, 1.82) is 0 Å². The number of hydrogen-bond donors (Lipinski definition) is 2. The van der Waals surface area contributed by atoms with Gasteiger partial charge in [0.25, 0.3) is 0 Å². The Morgan fingerprint density at radius 1 is 1.00 bits per heavy atom. The van der Waals surface area contributed by atoms with Crippen molar-refractivity contribution in [3.8, 4) is 11.5 Å². The number of fused-ring (bicyclic) bond motifs is 1. The maximum Gasteiger partial charge on any atom is 0.175 e. The normalized spacial score (nSPS) is 13.9. The molecule has 0 saturated carbocycles. The summed E-state index contributed by atoms with van der Waals surface area (Å²) in [6, 6.07) is 9.37. The highest BCUT2D eigenvalue weighted by Crippen LogP contribution is 2.32. The molecule has 1 saturated heterocycles. The summed E-state index contributed by atoms with van der Waals surface area (Å²) < 4.78 is 21.0. The van der Waals surface area contributed by atoms with Gasteiger partial charge < -0.3 is 29.7 Å². The molecule has 2 aromatic carbocycles. The number of morpholine rings is 1. The number of thiocarbonyl (C=S) groups is 1. The molecule has 1 fully saturated rings. The van der Waals surface area contributed by atoms with Gasteiger partial charge in [0.15, 0.2) is 27.6 Å². The van der Waals surface area contributed by atoms with Gasteiger partial charge in [0, 0.05) is 24.8 Å². The molecule has 1 aliphatic heterocycles. The van der Waals surface area contributed by atoms with E-state index in [0.717, 1.165) is 24.5 Å². The molecule has 3 aromatic rings. The third kappa shape index (κ3) is 4.03. The van der Waals surface area contributed by atoms with Crippen molar-refractivity contribution in [1.82, 2.24) is 10.3 Å². The molecular weight excluding hydrogens is 394 g/mol. The van der Waals surface area contributed by atoms with Gasteiger partial charge in [-0.1, -0.05) is 0 Å². The first-order chi connectivity index (χ1) is 14.2. The van der Waals surface area contributed by atoms with E-state index < -0.39 is 0 Å². The third-order valence-corrected chi connectivity index (χ3v) is 4.84. The molecule has 2 N–H and O–H groups in total. The molecule has 1 aromatic heterocycles. The van der Waals surface area contributed by atoms with Crippen LogP contribution in [-0.2, 0) is 4.74 Å². The number of nitrogens with one attached hydrogen (secondary N) is 2. The molecule has 29 heavy (non-hydrogen) atoms. The van der Waals surface area contributed by atoms with E-state index in [4.69, 9.17) is 31.1 Å². The summed E-state index contributed by atoms with van der Waals surface area (Å²) in [5.74, 6) is 1.25. The Morgan fingerprint density at radius 2 is 1.76 bits per heavy atom. The minimum Gasteiger partial charge on any atom is -0.493 e. The van der Waals surface area contributed by atoms with Crippen LogP contribution >= 0.6 is 12.2 Å². The minimum absolute atomic E-state index is 0.403. The summed E-state index contributed by atoms with van der Waals surface area (Å²) in [6.45, 7) is 2.97. The van der Waals surface area contributed by atoms with Gasteiger partial charge in [-0.2, -0.15) is 0 Å². The van der Waals surface area contributed by atoms with Crippen molar-refractivity contribution in [3.63, 3.8) is 0 Å². The Bertz CT molecular complexity index is 1020. The van der Waals surface area contributed by atoms with Crippen LogP contribution in [0.15, 0.2) is 35.0 Å². The monoisotopic (exact) mass is 415 g/mol. The van der Waals surface area contributed by atoms with Gasteiger partial charge in [-0.25, -0.2) is 4.63 Å². The maximum absolute atomic E-state index is 5.45. The Labute approximate surface area is 172 Å². The first kappa shape index (κ1) is 19.2. The molecule has 152 valence electrons. The van der Waals surface area contributed by atoms with Crippen LogP contribution in [0.3, 0.4) is 0 Å². The Balaban J connectivity index is 1.52. The molecule has 9 nitrogen and oxygen atoms in total. The zero-order valence-corrected chi connectivity index (χ0v) is 16.9. The molecule has 0 bridgehead atoms. The number of hydrogen-bond acceptors (Lipinski definition) is 8. The number of nitrogens with zero attached hydrogens (tertiary/aromatic N) is 3. The largest absolute Gasteiger partial charge is 0.493 e. The van der Waals surface area contributed by atoms with Crippen molar-refractivity contribution in [3.05, 3.63) is 30.3 Å². The molecule has 4 rings (SSSR count). The van der Waals surface area contributed by atoms with Crippen LogP contribution in [0.5, 0.6) is 11.5 Å². The zero-order chi connectivity index (χ0) is 20.2. The topological polar surface area (TPSA) is 93.9 Å². The van der Waals surface area contributed by atoms with Crippen LogP contribution in [0.4, 0.5) is 17.1 Å². The third-order valence-electron chi connectivity index (χ3n) is 4.64. The SMILES string of the molecule is COc1ccc(NC(=S)Nc2ccc(N3CCOCC3)c3nonc23)cc1OC. The zero-order valence-electron chi connectivity index (χ0n) is 16.1. The summed E-state index contributed by atoms with van der Waals surface area (Å²) in [5.41, 5.74) is 3.74. The predicted octanol–water partition coefficient (Wildman–Crippen LogP) is 2.89. The number of aromatic nitrogens is 2. The highest BCUT2D eigenvalue weighted by atomic mass is 32.1. The van der Waals surface area contributed by atoms with Crippen molar-refractivity contribution in [2.24, 2.45) is 0 Å². The number of anilines is 3. The van der Waals surface area contributed by atoms with Crippen LogP contribution in [0.2, 0.25) is 0 Å². The predicted molar refractivity (Wildman–Crippen MR) is 114 cm³/mol. The second kappa shape index (κ2) is 8.50. The second-order valence-electron chi connectivity index (χ2n) is 6.34. The number of ether oxygens (including phenoxy) is 3. The van der Waals surface area contributed by atoms with E-state index in [-0.39, 0.29) is 0 Å². The number of rotatable bonds is 5. The highest BCUT2D eigenvalue weighted by molar-refractivity contribution is 7.80. The average Bonchev–Trinajstić information content (AvgIpc) is 3.25. The fraction of sp³-hybridized carbons (Fsp3) is 0.316. The number of benzene rings is 2. The highest BCUT2D eigenvalue weighted by Gasteiger charge is 2.19. The minimum atomic E-state index is 0.403. The van der Waals surface area contributed by atoms with Crippen molar-refractivity contribution in [2.45, 2.75) is 0 Å². The quantitative estimate of drug-likeness (QED) is 0.606. The van der Waals surface area contributed by atoms with E-state index in [9.17, 15) is 0 Å². The molecule has 0 atom stereocenters. The second-order valence-corrected chi connectivity index (χ2v) is 6.75. The van der Waals surface area contributed by atoms with E-state index in [0.29, 0.717) is 46.5 Å². The van der Waals surface area contributed by atoms with Crippen molar-refractivity contribution in [2.75, 3.05) is 56.1 Å². The van der Waals surface area contributed by atoms with E-state index in [1.807, 2.05) is 24.3 Å². The Morgan fingerprint density at radius 3 is 2.52 bits per heavy atom. The Hall–Kier alpha value is -3.11. The van der Waals surface area contributed by atoms with Gasteiger partial charge >= 0.3 is 0 Å². The molecule has 0 radical (unpaired) electrons. The lowest BCUT2D eigenvalue weighted by molar-refractivity contribution is 0.123. The van der Waals surface area contributed by atoms with Gasteiger partial charge in [-0.15, -0.1) is 0 Å². The summed E-state index contributed by atoms with van der Waals surface area (Å²) in [7, 11) is 3.18. The molecule has 0 spiro atoms. The lowest BCUT2D eigenvalue weighted by Gasteiger charge is -2.28. The molecule has 2 heterocycles. The fourth-order valence-electron chi connectivity index (χ4n) is 3.21.